The van der Waals surface area contributed by atoms with Gasteiger partial charge in [0.05, 0.1) is 12.8 Å². The summed E-state index contributed by atoms with van der Waals surface area (Å²) in [6, 6.07) is 2.11. The lowest BCUT2D eigenvalue weighted by molar-refractivity contribution is 0.162. The first-order chi connectivity index (χ1) is 12.8. The van der Waals surface area contributed by atoms with Crippen LogP contribution in [-0.2, 0) is 10.2 Å². The van der Waals surface area contributed by atoms with E-state index in [1.54, 1.807) is 0 Å². The van der Waals surface area contributed by atoms with E-state index >= 15 is 0 Å². The van der Waals surface area contributed by atoms with Crippen molar-refractivity contribution in [2.45, 2.75) is 51.5 Å². The molecule has 0 amide bonds. The first kappa shape index (κ1) is 19.8. The van der Waals surface area contributed by atoms with E-state index in [1.807, 2.05) is 0 Å². The molecular formula is C17H26N6O3S. The van der Waals surface area contributed by atoms with Gasteiger partial charge in [-0.25, -0.2) is 10.1 Å². The van der Waals surface area contributed by atoms with Crippen molar-refractivity contribution in [2.24, 2.45) is 10.6 Å². The molecule has 3 rings (SSSR count). The predicted octanol–water partition coefficient (Wildman–Crippen LogP) is 1.39. The van der Waals surface area contributed by atoms with Crippen LogP contribution in [0.1, 0.15) is 51.0 Å². The third-order valence-electron chi connectivity index (χ3n) is 5.39. The molecule has 2 aliphatic rings. The van der Waals surface area contributed by atoms with Crippen LogP contribution >= 0.6 is 0 Å². The Hall–Kier alpha value is -1.96. The first-order valence-corrected chi connectivity index (χ1v) is 10.7. The minimum atomic E-state index is -3.64. The second kappa shape index (κ2) is 7.96. The number of rotatable bonds is 6. The fraction of sp³-hybridized carbons (Fsp3) is 0.706. The summed E-state index contributed by atoms with van der Waals surface area (Å²) in [7, 11) is -3.64. The van der Waals surface area contributed by atoms with Gasteiger partial charge in [0.1, 0.15) is 11.6 Å². The summed E-state index contributed by atoms with van der Waals surface area (Å²) < 4.78 is 29.9. The number of nitriles is 1. The zero-order valence-electron chi connectivity index (χ0n) is 15.5. The number of anilines is 1. The van der Waals surface area contributed by atoms with Gasteiger partial charge in [-0.05, 0) is 25.7 Å². The van der Waals surface area contributed by atoms with E-state index in [4.69, 9.17) is 9.88 Å². The molecular weight excluding hydrogens is 368 g/mol. The molecule has 1 saturated carbocycles. The molecule has 1 saturated heterocycles. The number of nitrogens with one attached hydrogen (secondary N) is 1. The average Bonchev–Trinajstić information content (AvgIpc) is 3.07. The third-order valence-corrected chi connectivity index (χ3v) is 6.47. The molecule has 0 unspecified atom stereocenters. The predicted molar refractivity (Wildman–Crippen MR) is 100 cm³/mol. The number of piperidine rings is 1. The summed E-state index contributed by atoms with van der Waals surface area (Å²) in [5.41, 5.74) is 0.442. The van der Waals surface area contributed by atoms with Crippen LogP contribution in [-0.4, -0.2) is 48.4 Å². The average molecular weight is 395 g/mol. The van der Waals surface area contributed by atoms with Crippen molar-refractivity contribution in [3.8, 4) is 11.9 Å². The highest BCUT2D eigenvalue weighted by Gasteiger charge is 2.30. The second-order valence-corrected chi connectivity index (χ2v) is 9.24. The van der Waals surface area contributed by atoms with E-state index in [9.17, 15) is 13.7 Å². The van der Waals surface area contributed by atoms with E-state index in [0.717, 1.165) is 12.8 Å². The third kappa shape index (κ3) is 5.06. The molecule has 2 fully saturated rings. The second-order valence-electron chi connectivity index (χ2n) is 7.69. The number of hydrogen-bond acceptors (Lipinski definition) is 7. The molecule has 27 heavy (non-hydrogen) atoms. The zero-order chi connectivity index (χ0) is 19.5. The fourth-order valence-electron chi connectivity index (χ4n) is 3.68. The van der Waals surface area contributed by atoms with Gasteiger partial charge >= 0.3 is 0 Å². The quantitative estimate of drug-likeness (QED) is 0.744. The summed E-state index contributed by atoms with van der Waals surface area (Å²) in [6.07, 6.45) is 7.32. The van der Waals surface area contributed by atoms with Crippen LogP contribution < -0.4 is 15.2 Å². The first-order valence-electron chi connectivity index (χ1n) is 9.23. The van der Waals surface area contributed by atoms with Gasteiger partial charge in [-0.3, -0.25) is 0 Å². The smallest absolute Gasteiger partial charge is 0.276 e. The van der Waals surface area contributed by atoms with E-state index in [1.165, 1.54) is 23.3 Å². The molecule has 1 aliphatic carbocycles. The number of hydrogen-bond donors (Lipinski definition) is 2. The molecule has 0 spiro atoms. The van der Waals surface area contributed by atoms with Gasteiger partial charge in [0.15, 0.2) is 0 Å². The molecule has 1 aromatic rings. The molecule has 9 nitrogen and oxygen atoms in total. The van der Waals surface area contributed by atoms with Crippen molar-refractivity contribution in [3.63, 3.8) is 0 Å². The lowest BCUT2D eigenvalue weighted by atomic mass is 9.90. The Morgan fingerprint density at radius 3 is 2.67 bits per heavy atom. The van der Waals surface area contributed by atoms with Crippen LogP contribution in [0.5, 0.6) is 5.88 Å². The Balaban J connectivity index is 1.62. The molecule has 1 aliphatic heterocycles. The molecule has 1 aromatic heterocycles. The van der Waals surface area contributed by atoms with Gasteiger partial charge in [-0.15, -0.1) is 0 Å². The minimum absolute atomic E-state index is 0.0381. The molecule has 2 heterocycles. The molecule has 0 atom stereocenters. The summed E-state index contributed by atoms with van der Waals surface area (Å²) in [6.45, 7) is 3.44. The number of nitrogens with zero attached hydrogens (tertiary/aromatic N) is 4. The van der Waals surface area contributed by atoms with Gasteiger partial charge in [0.2, 0.25) is 11.8 Å². The molecule has 0 bridgehead atoms. The highest BCUT2D eigenvalue weighted by molar-refractivity contribution is 7.86. The van der Waals surface area contributed by atoms with Crippen LogP contribution in [0.2, 0.25) is 0 Å². The molecule has 3 N–H and O–H groups in total. The normalized spacial score (nSPS) is 20.9. The van der Waals surface area contributed by atoms with E-state index < -0.39 is 10.2 Å². The van der Waals surface area contributed by atoms with Gasteiger partial charge in [-0.1, -0.05) is 19.8 Å². The lowest BCUT2D eigenvalue weighted by Gasteiger charge is -2.30. The standard InChI is InChI=1S/C17H26N6O3S/c1-17(6-2-3-7-17)12-26-15-13(10-18)11-20-16(22-15)21-14-4-8-23(9-5-14)27(19,24)25/h11,14H,2-9,12H2,1H3,(H2,19,24,25)(H,20,21,22). The molecule has 10 heteroatoms. The number of ether oxygens (including phenoxy) is 1. The Kier molecular flexibility index (Phi) is 5.83. The van der Waals surface area contributed by atoms with Crippen molar-refractivity contribution in [1.29, 1.82) is 5.26 Å². The van der Waals surface area contributed by atoms with E-state index in [0.29, 0.717) is 49.9 Å². The minimum Gasteiger partial charge on any atom is -0.476 e. The van der Waals surface area contributed by atoms with Crippen LogP contribution in [0, 0.1) is 16.7 Å². The van der Waals surface area contributed by atoms with Crippen LogP contribution in [0.4, 0.5) is 5.95 Å². The number of nitrogens with two attached hydrogens (primary N) is 1. The maximum Gasteiger partial charge on any atom is 0.276 e. The van der Waals surface area contributed by atoms with Crippen molar-refractivity contribution in [1.82, 2.24) is 14.3 Å². The molecule has 0 radical (unpaired) electrons. The summed E-state index contributed by atoms with van der Waals surface area (Å²) >= 11 is 0. The van der Waals surface area contributed by atoms with Crippen molar-refractivity contribution in [2.75, 3.05) is 25.0 Å². The Morgan fingerprint density at radius 2 is 2.07 bits per heavy atom. The Labute approximate surface area is 160 Å². The maximum absolute atomic E-state index is 11.4. The molecule has 0 aromatic carbocycles. The Bertz CT molecular complexity index is 808. The van der Waals surface area contributed by atoms with Crippen LogP contribution in [0.15, 0.2) is 6.20 Å². The molecule has 148 valence electrons. The zero-order valence-corrected chi connectivity index (χ0v) is 16.3. The SMILES string of the molecule is CC1(COc2nc(NC3CCN(S(N)(=O)=O)CC3)ncc2C#N)CCCC1. The topological polar surface area (TPSA) is 134 Å². The summed E-state index contributed by atoms with van der Waals surface area (Å²) in [4.78, 5) is 8.56. The summed E-state index contributed by atoms with van der Waals surface area (Å²) in [5.74, 6) is 0.680. The summed E-state index contributed by atoms with van der Waals surface area (Å²) in [5, 5.41) is 17.7. The monoisotopic (exact) mass is 394 g/mol. The van der Waals surface area contributed by atoms with E-state index in [2.05, 4.69) is 28.3 Å². The van der Waals surface area contributed by atoms with Gasteiger partial charge in [-0.2, -0.15) is 23.0 Å². The largest absolute Gasteiger partial charge is 0.476 e. The highest BCUT2D eigenvalue weighted by atomic mass is 32.2. The number of aromatic nitrogens is 2. The van der Waals surface area contributed by atoms with Crippen LogP contribution in [0.25, 0.3) is 0 Å². The van der Waals surface area contributed by atoms with E-state index in [-0.39, 0.29) is 11.5 Å². The Morgan fingerprint density at radius 1 is 1.41 bits per heavy atom. The van der Waals surface area contributed by atoms with Crippen molar-refractivity contribution in [3.05, 3.63) is 11.8 Å². The fourth-order valence-corrected chi connectivity index (χ4v) is 4.39. The van der Waals surface area contributed by atoms with Gasteiger partial charge < -0.3 is 10.1 Å². The van der Waals surface area contributed by atoms with Gasteiger partial charge in [0.25, 0.3) is 10.2 Å². The lowest BCUT2D eigenvalue weighted by Crippen LogP contribution is -2.45. The maximum atomic E-state index is 11.4. The van der Waals surface area contributed by atoms with Gasteiger partial charge in [0, 0.05) is 24.5 Å². The van der Waals surface area contributed by atoms with Crippen molar-refractivity contribution < 1.29 is 13.2 Å². The van der Waals surface area contributed by atoms with Crippen LogP contribution in [0.3, 0.4) is 0 Å². The highest BCUT2D eigenvalue weighted by Crippen LogP contribution is 2.38. The van der Waals surface area contributed by atoms with Crippen molar-refractivity contribution >= 4 is 16.2 Å².